The van der Waals surface area contributed by atoms with Gasteiger partial charge in [0.25, 0.3) is 6.43 Å². The second-order valence-electron chi connectivity index (χ2n) is 2.55. The minimum atomic E-state index is -2.58. The van der Waals surface area contributed by atoms with Gasteiger partial charge in [0.2, 0.25) is 0 Å². The first kappa shape index (κ1) is 12.0. The fourth-order valence-electron chi connectivity index (χ4n) is 1.09. The Morgan fingerprint density at radius 2 is 2.07 bits per heavy atom. The van der Waals surface area contributed by atoms with Gasteiger partial charge >= 0.3 is 0 Å². The van der Waals surface area contributed by atoms with Gasteiger partial charge in [-0.2, -0.15) is 0 Å². The summed E-state index contributed by atoms with van der Waals surface area (Å²) in [6.45, 7) is -0.310. The third-order valence-electron chi connectivity index (χ3n) is 1.81. The van der Waals surface area contributed by atoms with Crippen LogP contribution in [0.3, 0.4) is 0 Å². The molecule has 0 saturated carbocycles. The van der Waals surface area contributed by atoms with Gasteiger partial charge in [0, 0.05) is 22.7 Å². The molecule has 1 heterocycles. The van der Waals surface area contributed by atoms with E-state index in [1.165, 1.54) is 0 Å². The molecule has 0 bridgehead atoms. The van der Waals surface area contributed by atoms with Crippen molar-refractivity contribution < 1.29 is 13.9 Å². The molecule has 0 atom stereocenters. The van der Waals surface area contributed by atoms with Gasteiger partial charge in [-0.3, -0.25) is 0 Å². The molecule has 78 valence electrons. The molecular formula is C8H7Br2F2NO. The first-order valence-electron chi connectivity index (χ1n) is 3.73. The van der Waals surface area contributed by atoms with E-state index in [-0.39, 0.29) is 17.5 Å². The monoisotopic (exact) mass is 329 g/mol. The highest BCUT2D eigenvalue weighted by Gasteiger charge is 2.17. The predicted molar refractivity (Wildman–Crippen MR) is 55.4 cm³/mol. The van der Waals surface area contributed by atoms with Gasteiger partial charge in [-0.1, -0.05) is 15.9 Å². The van der Waals surface area contributed by atoms with Gasteiger partial charge in [0.05, 0.1) is 6.61 Å². The zero-order chi connectivity index (χ0) is 10.7. The highest BCUT2D eigenvalue weighted by molar-refractivity contribution is 9.10. The van der Waals surface area contributed by atoms with Gasteiger partial charge in [-0.15, -0.1) is 0 Å². The van der Waals surface area contributed by atoms with Crippen molar-refractivity contribution in [2.45, 2.75) is 18.4 Å². The molecule has 0 amide bonds. The largest absolute Gasteiger partial charge is 0.392 e. The number of aliphatic hydroxyl groups excluding tert-OH is 1. The van der Waals surface area contributed by atoms with Crippen molar-refractivity contribution in [3.63, 3.8) is 0 Å². The number of hydrogen-bond acceptors (Lipinski definition) is 2. The van der Waals surface area contributed by atoms with Crippen LogP contribution >= 0.6 is 31.9 Å². The lowest BCUT2D eigenvalue weighted by Crippen LogP contribution is -2.02. The normalized spacial score (nSPS) is 11.0. The van der Waals surface area contributed by atoms with E-state index in [0.29, 0.717) is 15.7 Å². The molecule has 0 fully saturated rings. The molecule has 0 aliphatic carbocycles. The second-order valence-corrected chi connectivity index (χ2v) is 3.87. The smallest absolute Gasteiger partial charge is 0.265 e. The molecule has 0 aromatic carbocycles. The Morgan fingerprint density at radius 1 is 1.43 bits per heavy atom. The van der Waals surface area contributed by atoms with Gasteiger partial charge in [0.1, 0.15) is 4.60 Å². The number of aromatic nitrogens is 1. The quantitative estimate of drug-likeness (QED) is 0.682. The van der Waals surface area contributed by atoms with Crippen molar-refractivity contribution in [1.82, 2.24) is 4.98 Å². The number of hydrogen-bond donors (Lipinski definition) is 1. The average Bonchev–Trinajstić information content (AvgIpc) is 2.16. The summed E-state index contributed by atoms with van der Waals surface area (Å²) in [7, 11) is 0. The van der Waals surface area contributed by atoms with Gasteiger partial charge in [-0.05, 0) is 21.5 Å². The van der Waals surface area contributed by atoms with E-state index in [4.69, 9.17) is 5.11 Å². The number of aliphatic hydroxyl groups is 1. The summed E-state index contributed by atoms with van der Waals surface area (Å²) in [5, 5.41) is 9.27. The maximum atomic E-state index is 12.5. The minimum Gasteiger partial charge on any atom is -0.392 e. The third kappa shape index (κ3) is 2.29. The molecule has 1 N–H and O–H groups in total. The number of rotatable bonds is 3. The van der Waals surface area contributed by atoms with Crippen LogP contribution in [0, 0.1) is 0 Å². The van der Waals surface area contributed by atoms with Crippen LogP contribution in [-0.2, 0) is 11.9 Å². The Balaban J connectivity index is 3.33. The SMILES string of the molecule is OCc1c(Br)ncc(C(F)F)c1CBr. The molecule has 0 aliphatic heterocycles. The van der Waals surface area contributed by atoms with Crippen molar-refractivity contribution in [2.24, 2.45) is 0 Å². The van der Waals surface area contributed by atoms with Crippen LogP contribution in [0.1, 0.15) is 23.1 Å². The van der Waals surface area contributed by atoms with Crippen molar-refractivity contribution >= 4 is 31.9 Å². The number of alkyl halides is 3. The van der Waals surface area contributed by atoms with E-state index in [1.807, 2.05) is 0 Å². The average molecular weight is 331 g/mol. The first-order valence-corrected chi connectivity index (χ1v) is 5.64. The lowest BCUT2D eigenvalue weighted by Gasteiger charge is -2.11. The minimum absolute atomic E-state index is 0.144. The number of pyridine rings is 1. The molecule has 2 nitrogen and oxygen atoms in total. The fourth-order valence-corrected chi connectivity index (χ4v) is 2.22. The lowest BCUT2D eigenvalue weighted by atomic mass is 10.1. The molecular weight excluding hydrogens is 324 g/mol. The Hall–Kier alpha value is -0.0700. The van der Waals surface area contributed by atoms with Crippen molar-refractivity contribution in [1.29, 1.82) is 0 Å². The summed E-state index contributed by atoms with van der Waals surface area (Å²) in [6, 6.07) is 0. The molecule has 1 rings (SSSR count). The highest BCUT2D eigenvalue weighted by Crippen LogP contribution is 2.30. The molecule has 1 aromatic heterocycles. The summed E-state index contributed by atoms with van der Waals surface area (Å²) in [4.78, 5) is 3.74. The van der Waals surface area contributed by atoms with Gasteiger partial charge in [-0.25, -0.2) is 13.8 Å². The highest BCUT2D eigenvalue weighted by atomic mass is 79.9. The van der Waals surface area contributed by atoms with Crippen LogP contribution < -0.4 is 0 Å². The van der Waals surface area contributed by atoms with E-state index in [0.717, 1.165) is 6.20 Å². The van der Waals surface area contributed by atoms with Crippen molar-refractivity contribution in [3.8, 4) is 0 Å². The Bertz CT molecular complexity index is 333. The Labute approximate surface area is 96.6 Å². The summed E-state index contributed by atoms with van der Waals surface area (Å²) < 4.78 is 25.4. The van der Waals surface area contributed by atoms with Gasteiger partial charge in [0.15, 0.2) is 0 Å². The summed E-state index contributed by atoms with van der Waals surface area (Å²) in [6.07, 6.45) is -1.46. The van der Waals surface area contributed by atoms with E-state index in [2.05, 4.69) is 36.8 Å². The van der Waals surface area contributed by atoms with Crippen LogP contribution in [-0.4, -0.2) is 10.1 Å². The molecule has 1 aromatic rings. The maximum Gasteiger partial charge on any atom is 0.265 e. The summed E-state index contributed by atoms with van der Waals surface area (Å²) in [5.41, 5.74) is 0.651. The molecule has 14 heavy (non-hydrogen) atoms. The summed E-state index contributed by atoms with van der Waals surface area (Å²) >= 11 is 6.20. The topological polar surface area (TPSA) is 33.1 Å². The van der Waals surface area contributed by atoms with Crippen molar-refractivity contribution in [3.05, 3.63) is 27.5 Å². The second kappa shape index (κ2) is 5.14. The van der Waals surface area contributed by atoms with Crippen LogP contribution in [0.25, 0.3) is 0 Å². The molecule has 0 aliphatic rings. The fraction of sp³-hybridized carbons (Fsp3) is 0.375. The van der Waals surface area contributed by atoms with Crippen LogP contribution in [0.4, 0.5) is 8.78 Å². The zero-order valence-electron chi connectivity index (χ0n) is 6.98. The zero-order valence-corrected chi connectivity index (χ0v) is 10.1. The first-order chi connectivity index (χ1) is 6.61. The van der Waals surface area contributed by atoms with E-state index >= 15 is 0 Å². The van der Waals surface area contributed by atoms with Crippen LogP contribution in [0.2, 0.25) is 0 Å². The number of nitrogens with zero attached hydrogens (tertiary/aromatic N) is 1. The van der Waals surface area contributed by atoms with Crippen LogP contribution in [0.15, 0.2) is 10.8 Å². The Morgan fingerprint density at radius 3 is 2.50 bits per heavy atom. The molecule has 0 unspecified atom stereocenters. The molecule has 0 radical (unpaired) electrons. The lowest BCUT2D eigenvalue weighted by molar-refractivity contribution is 0.149. The maximum absolute atomic E-state index is 12.5. The summed E-state index contributed by atoms with van der Waals surface area (Å²) in [5.74, 6) is 0. The predicted octanol–water partition coefficient (Wildman–Crippen LogP) is 3.17. The van der Waals surface area contributed by atoms with E-state index < -0.39 is 6.43 Å². The van der Waals surface area contributed by atoms with Crippen LogP contribution in [0.5, 0.6) is 0 Å². The van der Waals surface area contributed by atoms with E-state index in [9.17, 15) is 8.78 Å². The molecule has 6 heteroatoms. The van der Waals surface area contributed by atoms with Gasteiger partial charge < -0.3 is 5.11 Å². The standard InChI is InChI=1S/C8H7Br2F2NO/c9-1-4-5(8(11)12)2-13-7(10)6(4)3-14/h2,8,14H,1,3H2. The molecule has 0 spiro atoms. The van der Waals surface area contributed by atoms with Crippen molar-refractivity contribution in [2.75, 3.05) is 0 Å². The number of halogens is 4. The Kier molecular flexibility index (Phi) is 4.40. The van der Waals surface area contributed by atoms with E-state index in [1.54, 1.807) is 0 Å². The molecule has 0 saturated heterocycles. The third-order valence-corrected chi connectivity index (χ3v) is 3.05.